The number of thioether (sulfide) groups is 1. The maximum absolute atomic E-state index is 12.4. The summed E-state index contributed by atoms with van der Waals surface area (Å²) >= 11 is 1.55. The molecule has 1 fully saturated rings. The van der Waals surface area contributed by atoms with Gasteiger partial charge in [0.05, 0.1) is 18.8 Å². The van der Waals surface area contributed by atoms with E-state index >= 15 is 0 Å². The van der Waals surface area contributed by atoms with Crippen molar-refractivity contribution in [1.29, 1.82) is 0 Å². The van der Waals surface area contributed by atoms with Crippen molar-refractivity contribution in [1.82, 2.24) is 20.5 Å². The van der Waals surface area contributed by atoms with E-state index < -0.39 is 6.29 Å². The number of aromatic amines is 1. The van der Waals surface area contributed by atoms with Gasteiger partial charge in [-0.25, -0.2) is 4.98 Å². The highest BCUT2D eigenvalue weighted by molar-refractivity contribution is 7.99. The molecule has 4 atom stereocenters. The maximum atomic E-state index is 12.4. The molecule has 0 unspecified atom stereocenters. The Bertz CT molecular complexity index is 1210. The second-order valence-corrected chi connectivity index (χ2v) is 10.9. The molecule has 1 aromatic heterocycles. The summed E-state index contributed by atoms with van der Waals surface area (Å²) in [6, 6.07) is 15.4. The van der Waals surface area contributed by atoms with E-state index in [9.17, 15) is 14.7 Å². The van der Waals surface area contributed by atoms with Gasteiger partial charge >= 0.3 is 0 Å². The predicted molar refractivity (Wildman–Crippen MR) is 152 cm³/mol. The molecule has 2 heterocycles. The SMILES string of the molecule is CC(=O)NCCCCCC(=O)Nc1ccc([C@H]2O[C@@H](CSc3ncn[nH]3)[C@@H](C)[C@@H](c3ccc(CO)cc3)O2)cc1. The van der Waals surface area contributed by atoms with Crippen LogP contribution in [0, 0.1) is 5.92 Å². The van der Waals surface area contributed by atoms with Crippen LogP contribution in [0.1, 0.15) is 68.6 Å². The lowest BCUT2D eigenvalue weighted by Crippen LogP contribution is -2.38. The molecule has 1 saturated heterocycles. The Morgan fingerprint density at radius 3 is 2.45 bits per heavy atom. The van der Waals surface area contributed by atoms with Crippen molar-refractivity contribution in [3.05, 3.63) is 71.5 Å². The molecular formula is C29H37N5O5S. The molecular weight excluding hydrogens is 530 g/mol. The number of aliphatic hydroxyl groups is 1. The van der Waals surface area contributed by atoms with Crippen LogP contribution in [0.4, 0.5) is 5.69 Å². The molecule has 0 saturated carbocycles. The maximum Gasteiger partial charge on any atom is 0.224 e. The summed E-state index contributed by atoms with van der Waals surface area (Å²) in [5.41, 5.74) is 3.44. The first-order valence-electron chi connectivity index (χ1n) is 13.6. The molecule has 0 spiro atoms. The highest BCUT2D eigenvalue weighted by Crippen LogP contribution is 2.42. The average molecular weight is 568 g/mol. The van der Waals surface area contributed by atoms with Gasteiger partial charge in [-0.3, -0.25) is 14.7 Å². The van der Waals surface area contributed by atoms with Gasteiger partial charge in [-0.15, -0.1) is 0 Å². The number of rotatable bonds is 13. The number of aliphatic hydroxyl groups excluding tert-OH is 1. The van der Waals surface area contributed by atoms with E-state index in [0.29, 0.717) is 24.4 Å². The Hall–Kier alpha value is -3.25. The molecule has 1 aliphatic rings. The molecule has 4 N–H and O–H groups in total. The Morgan fingerprint density at radius 2 is 1.77 bits per heavy atom. The van der Waals surface area contributed by atoms with Crippen LogP contribution in [0.5, 0.6) is 0 Å². The number of carbonyl (C=O) groups excluding carboxylic acids is 2. The molecule has 2 amide bonds. The molecule has 10 nitrogen and oxygen atoms in total. The zero-order valence-corrected chi connectivity index (χ0v) is 23.7. The lowest BCUT2D eigenvalue weighted by atomic mass is 9.91. The van der Waals surface area contributed by atoms with Gasteiger partial charge in [0.15, 0.2) is 11.4 Å². The fraction of sp³-hybridized carbons (Fsp3) is 0.448. The number of aromatic nitrogens is 3. The molecule has 0 aliphatic carbocycles. The van der Waals surface area contributed by atoms with Crippen molar-refractivity contribution in [3.8, 4) is 0 Å². The van der Waals surface area contributed by atoms with E-state index in [1.165, 1.54) is 13.3 Å². The highest BCUT2D eigenvalue weighted by atomic mass is 32.2. The first-order chi connectivity index (χ1) is 19.4. The lowest BCUT2D eigenvalue weighted by Gasteiger charge is -2.41. The molecule has 40 heavy (non-hydrogen) atoms. The number of hydrogen-bond acceptors (Lipinski definition) is 8. The molecule has 2 aromatic carbocycles. The Morgan fingerprint density at radius 1 is 1.02 bits per heavy atom. The van der Waals surface area contributed by atoms with Crippen molar-refractivity contribution >= 4 is 29.3 Å². The zero-order chi connectivity index (χ0) is 28.3. The van der Waals surface area contributed by atoms with Crippen molar-refractivity contribution in [2.45, 2.75) is 69.8 Å². The minimum atomic E-state index is -0.590. The molecule has 4 rings (SSSR count). The number of hydrogen-bond donors (Lipinski definition) is 4. The third-order valence-corrected chi connectivity index (χ3v) is 7.79. The van der Waals surface area contributed by atoms with Crippen LogP contribution >= 0.6 is 11.8 Å². The number of ether oxygens (including phenoxy) is 2. The van der Waals surface area contributed by atoms with Gasteiger partial charge in [0.2, 0.25) is 11.8 Å². The smallest absolute Gasteiger partial charge is 0.224 e. The topological polar surface area (TPSA) is 138 Å². The fourth-order valence-corrected chi connectivity index (χ4v) is 5.48. The lowest BCUT2D eigenvalue weighted by molar-refractivity contribution is -0.268. The number of carbonyl (C=O) groups is 2. The summed E-state index contributed by atoms with van der Waals surface area (Å²) in [5, 5.41) is 22.7. The Balaban J connectivity index is 1.38. The molecule has 214 valence electrons. The van der Waals surface area contributed by atoms with E-state index in [1.807, 2.05) is 48.5 Å². The van der Waals surface area contributed by atoms with Gasteiger partial charge < -0.3 is 25.2 Å². The number of anilines is 1. The van der Waals surface area contributed by atoms with E-state index in [0.717, 1.165) is 41.1 Å². The van der Waals surface area contributed by atoms with Crippen molar-refractivity contribution < 1.29 is 24.2 Å². The highest BCUT2D eigenvalue weighted by Gasteiger charge is 2.38. The largest absolute Gasteiger partial charge is 0.392 e. The minimum absolute atomic E-state index is 0.00890. The van der Waals surface area contributed by atoms with Crippen LogP contribution in [0.15, 0.2) is 60.0 Å². The van der Waals surface area contributed by atoms with Crippen molar-refractivity contribution in [2.24, 2.45) is 5.92 Å². The monoisotopic (exact) mass is 567 g/mol. The van der Waals surface area contributed by atoms with Crippen LogP contribution in [0.2, 0.25) is 0 Å². The number of benzene rings is 2. The standard InChI is InChI=1S/C29H37N5O5S/c1-19-25(17-40-29-31-18-32-34-29)38-28(39-27(19)22-9-7-21(16-35)8-10-22)23-11-13-24(14-12-23)33-26(37)6-4-3-5-15-30-20(2)36/h7-14,18-19,25,27-28,35H,3-6,15-17H2,1-2H3,(H,30,36)(H,33,37)(H,31,32,34)/t19-,25+,27+,28+/m1/s1. The Labute approximate surface area is 238 Å². The van der Waals surface area contributed by atoms with Crippen molar-refractivity contribution in [3.63, 3.8) is 0 Å². The predicted octanol–water partition coefficient (Wildman–Crippen LogP) is 4.52. The first kappa shape index (κ1) is 29.7. The van der Waals surface area contributed by atoms with E-state index in [4.69, 9.17) is 9.47 Å². The Kier molecular flexibility index (Phi) is 11.1. The van der Waals surface area contributed by atoms with Gasteiger partial charge in [0.25, 0.3) is 0 Å². The molecule has 0 bridgehead atoms. The van der Waals surface area contributed by atoms with E-state index in [2.05, 4.69) is 32.7 Å². The first-order valence-corrected chi connectivity index (χ1v) is 14.5. The molecule has 3 aromatic rings. The van der Waals surface area contributed by atoms with Gasteiger partial charge in [-0.1, -0.05) is 61.5 Å². The summed E-state index contributed by atoms with van der Waals surface area (Å²) in [5.74, 6) is 0.652. The summed E-state index contributed by atoms with van der Waals surface area (Å²) in [7, 11) is 0. The summed E-state index contributed by atoms with van der Waals surface area (Å²) in [4.78, 5) is 27.5. The van der Waals surface area contributed by atoms with Crippen LogP contribution in [0.25, 0.3) is 0 Å². The van der Waals surface area contributed by atoms with Crippen molar-refractivity contribution in [2.75, 3.05) is 17.6 Å². The number of unbranched alkanes of at least 4 members (excludes halogenated alkanes) is 2. The van der Waals surface area contributed by atoms with Gasteiger partial charge in [-0.2, -0.15) is 5.10 Å². The summed E-state index contributed by atoms with van der Waals surface area (Å²) in [6.45, 7) is 4.24. The number of amides is 2. The minimum Gasteiger partial charge on any atom is -0.392 e. The number of H-pyrrole nitrogens is 1. The third kappa shape index (κ3) is 8.62. The zero-order valence-electron chi connectivity index (χ0n) is 22.8. The summed E-state index contributed by atoms with van der Waals surface area (Å²) < 4.78 is 12.9. The third-order valence-electron chi connectivity index (χ3n) is 6.82. The van der Waals surface area contributed by atoms with Crippen LogP contribution in [-0.2, 0) is 25.7 Å². The molecule has 11 heteroatoms. The number of nitrogens with one attached hydrogen (secondary N) is 3. The van der Waals surface area contributed by atoms with E-state index in [1.54, 1.807) is 11.8 Å². The molecule has 1 aliphatic heterocycles. The van der Waals surface area contributed by atoms with Crippen LogP contribution in [0.3, 0.4) is 0 Å². The van der Waals surface area contributed by atoms with Crippen LogP contribution in [-0.4, -0.2) is 50.5 Å². The normalized spacial score (nSPS) is 20.7. The fourth-order valence-electron chi connectivity index (χ4n) is 4.53. The quantitative estimate of drug-likeness (QED) is 0.175. The van der Waals surface area contributed by atoms with Gasteiger partial charge in [-0.05, 0) is 36.1 Å². The van der Waals surface area contributed by atoms with Gasteiger partial charge in [0.1, 0.15) is 6.33 Å². The van der Waals surface area contributed by atoms with E-state index in [-0.39, 0.29) is 36.5 Å². The second kappa shape index (κ2) is 14.9. The molecule has 0 radical (unpaired) electrons. The summed E-state index contributed by atoms with van der Waals surface area (Å²) in [6.07, 6.45) is 3.48. The van der Waals surface area contributed by atoms with Gasteiger partial charge in [0, 0.05) is 42.8 Å². The van der Waals surface area contributed by atoms with Crippen LogP contribution < -0.4 is 10.6 Å². The second-order valence-electron chi connectivity index (χ2n) is 9.89. The number of nitrogens with zero attached hydrogens (tertiary/aromatic N) is 2. The average Bonchev–Trinajstić information content (AvgIpc) is 3.48.